The number of benzene rings is 1. The Morgan fingerprint density at radius 1 is 1.62 bits per heavy atom. The van der Waals surface area contributed by atoms with Crippen molar-refractivity contribution < 1.29 is 9.53 Å². The SMILES string of the molecule is COc1ccc2c(c1)NC(=O)C(CC#N)C2. The van der Waals surface area contributed by atoms with Crippen LogP contribution in [0.15, 0.2) is 18.2 Å². The molecule has 1 aromatic carbocycles. The Morgan fingerprint density at radius 2 is 2.44 bits per heavy atom. The van der Waals surface area contributed by atoms with Crippen LogP contribution in [0.5, 0.6) is 5.75 Å². The molecule has 0 saturated carbocycles. The van der Waals surface area contributed by atoms with Gasteiger partial charge in [-0.3, -0.25) is 4.79 Å². The fourth-order valence-electron chi connectivity index (χ4n) is 1.84. The molecule has 4 heteroatoms. The normalized spacial score (nSPS) is 18.2. The van der Waals surface area contributed by atoms with Gasteiger partial charge in [0.2, 0.25) is 5.91 Å². The summed E-state index contributed by atoms with van der Waals surface area (Å²) in [7, 11) is 1.59. The molecule has 1 aliphatic rings. The molecule has 2 rings (SSSR count). The molecule has 1 N–H and O–H groups in total. The van der Waals surface area contributed by atoms with Crippen LogP contribution >= 0.6 is 0 Å². The molecular weight excluding hydrogens is 204 g/mol. The zero-order valence-electron chi connectivity index (χ0n) is 8.99. The molecule has 0 aromatic heterocycles. The summed E-state index contributed by atoms with van der Waals surface area (Å²) in [5.74, 6) is 0.408. The minimum Gasteiger partial charge on any atom is -0.497 e. The van der Waals surface area contributed by atoms with Crippen LogP contribution in [-0.4, -0.2) is 13.0 Å². The third-order valence-electron chi connectivity index (χ3n) is 2.75. The van der Waals surface area contributed by atoms with Gasteiger partial charge < -0.3 is 10.1 Å². The molecule has 0 bridgehead atoms. The van der Waals surface area contributed by atoms with Crippen molar-refractivity contribution in [2.45, 2.75) is 12.8 Å². The average molecular weight is 216 g/mol. The standard InChI is InChI=1S/C12H12N2O2/c1-16-10-3-2-8-6-9(4-5-13)12(15)14-11(8)7-10/h2-3,7,9H,4,6H2,1H3,(H,14,15). The Balaban J connectivity index is 2.28. The topological polar surface area (TPSA) is 62.1 Å². The molecule has 0 saturated heterocycles. The van der Waals surface area contributed by atoms with Crippen LogP contribution < -0.4 is 10.1 Å². The molecule has 16 heavy (non-hydrogen) atoms. The molecule has 0 radical (unpaired) electrons. The van der Waals surface area contributed by atoms with Gasteiger partial charge in [0.05, 0.1) is 19.1 Å². The molecular formula is C12H12N2O2. The van der Waals surface area contributed by atoms with E-state index in [0.717, 1.165) is 17.0 Å². The van der Waals surface area contributed by atoms with Gasteiger partial charge in [-0.25, -0.2) is 0 Å². The van der Waals surface area contributed by atoms with E-state index in [1.807, 2.05) is 18.2 Å². The fourth-order valence-corrected chi connectivity index (χ4v) is 1.84. The van der Waals surface area contributed by atoms with Crippen molar-refractivity contribution in [3.63, 3.8) is 0 Å². The molecule has 4 nitrogen and oxygen atoms in total. The second kappa shape index (κ2) is 4.23. The van der Waals surface area contributed by atoms with Crippen molar-refractivity contribution in [3.8, 4) is 11.8 Å². The lowest BCUT2D eigenvalue weighted by Gasteiger charge is -2.23. The van der Waals surface area contributed by atoms with E-state index in [-0.39, 0.29) is 18.2 Å². The molecule has 0 aliphatic carbocycles. The minimum atomic E-state index is -0.231. The number of nitrogens with zero attached hydrogens (tertiary/aromatic N) is 1. The minimum absolute atomic E-state index is 0.0812. The van der Waals surface area contributed by atoms with Crippen LogP contribution in [0.1, 0.15) is 12.0 Å². The first-order valence-corrected chi connectivity index (χ1v) is 5.09. The highest BCUT2D eigenvalue weighted by Gasteiger charge is 2.25. The Hall–Kier alpha value is -2.02. The van der Waals surface area contributed by atoms with Gasteiger partial charge in [-0.05, 0) is 18.1 Å². The fraction of sp³-hybridized carbons (Fsp3) is 0.333. The summed E-state index contributed by atoms with van der Waals surface area (Å²) < 4.78 is 5.09. The zero-order chi connectivity index (χ0) is 11.5. The molecule has 1 unspecified atom stereocenters. The quantitative estimate of drug-likeness (QED) is 0.818. The predicted molar refractivity (Wildman–Crippen MR) is 59.0 cm³/mol. The maximum atomic E-state index is 11.6. The molecule has 1 aromatic rings. The summed E-state index contributed by atoms with van der Waals surface area (Å²) in [6.45, 7) is 0. The monoisotopic (exact) mass is 216 g/mol. The molecule has 0 fully saturated rings. The van der Waals surface area contributed by atoms with Crippen molar-refractivity contribution in [2.75, 3.05) is 12.4 Å². The van der Waals surface area contributed by atoms with E-state index < -0.39 is 0 Å². The van der Waals surface area contributed by atoms with Crippen molar-refractivity contribution in [2.24, 2.45) is 5.92 Å². The second-order valence-electron chi connectivity index (χ2n) is 3.78. The van der Waals surface area contributed by atoms with Crippen LogP contribution in [0.2, 0.25) is 0 Å². The van der Waals surface area contributed by atoms with Crippen LogP contribution in [0.4, 0.5) is 5.69 Å². The van der Waals surface area contributed by atoms with Crippen LogP contribution in [-0.2, 0) is 11.2 Å². The van der Waals surface area contributed by atoms with Gasteiger partial charge in [-0.15, -0.1) is 0 Å². The van der Waals surface area contributed by atoms with Gasteiger partial charge in [0.1, 0.15) is 5.75 Å². The lowest BCUT2D eigenvalue weighted by atomic mass is 9.91. The number of ether oxygens (including phenoxy) is 1. The Bertz CT molecular complexity index is 463. The van der Waals surface area contributed by atoms with Crippen LogP contribution in [0.25, 0.3) is 0 Å². The number of nitrogens with one attached hydrogen (secondary N) is 1. The van der Waals surface area contributed by atoms with Crippen molar-refractivity contribution in [1.29, 1.82) is 5.26 Å². The van der Waals surface area contributed by atoms with Gasteiger partial charge in [-0.1, -0.05) is 6.07 Å². The number of methoxy groups -OCH3 is 1. The lowest BCUT2D eigenvalue weighted by molar-refractivity contribution is -0.120. The number of hydrogen-bond acceptors (Lipinski definition) is 3. The van der Waals surface area contributed by atoms with Gasteiger partial charge in [0, 0.05) is 18.2 Å². The number of anilines is 1. The highest BCUT2D eigenvalue weighted by atomic mass is 16.5. The van der Waals surface area contributed by atoms with Gasteiger partial charge in [0.15, 0.2) is 0 Å². The number of rotatable bonds is 2. The van der Waals surface area contributed by atoms with E-state index >= 15 is 0 Å². The third kappa shape index (κ3) is 1.84. The van der Waals surface area contributed by atoms with Crippen molar-refractivity contribution in [3.05, 3.63) is 23.8 Å². The third-order valence-corrected chi connectivity index (χ3v) is 2.75. The van der Waals surface area contributed by atoms with Gasteiger partial charge in [-0.2, -0.15) is 5.26 Å². The Labute approximate surface area is 93.8 Å². The van der Waals surface area contributed by atoms with Crippen molar-refractivity contribution >= 4 is 11.6 Å². The molecule has 1 atom stereocenters. The van der Waals surface area contributed by atoms with E-state index in [2.05, 4.69) is 5.32 Å². The molecule has 0 spiro atoms. The van der Waals surface area contributed by atoms with E-state index in [9.17, 15) is 4.79 Å². The average Bonchev–Trinajstić information content (AvgIpc) is 2.30. The van der Waals surface area contributed by atoms with E-state index in [1.165, 1.54) is 0 Å². The summed E-state index contributed by atoms with van der Waals surface area (Å²) in [5, 5.41) is 11.4. The molecule has 1 amide bonds. The van der Waals surface area contributed by atoms with E-state index in [4.69, 9.17) is 10.00 Å². The van der Waals surface area contributed by atoms with Crippen molar-refractivity contribution in [1.82, 2.24) is 0 Å². The highest BCUT2D eigenvalue weighted by Crippen LogP contribution is 2.30. The molecule has 1 heterocycles. The van der Waals surface area contributed by atoms with E-state index in [0.29, 0.717) is 6.42 Å². The van der Waals surface area contributed by atoms with E-state index in [1.54, 1.807) is 13.2 Å². The summed E-state index contributed by atoms with van der Waals surface area (Å²) in [6.07, 6.45) is 0.885. The Morgan fingerprint density at radius 3 is 3.12 bits per heavy atom. The summed E-state index contributed by atoms with van der Waals surface area (Å²) >= 11 is 0. The Kier molecular flexibility index (Phi) is 2.78. The number of hydrogen-bond donors (Lipinski definition) is 1. The first-order chi connectivity index (χ1) is 7.74. The number of fused-ring (bicyclic) bond motifs is 1. The molecule has 82 valence electrons. The molecule has 1 aliphatic heterocycles. The van der Waals surface area contributed by atoms with Crippen LogP contribution in [0, 0.1) is 17.2 Å². The summed E-state index contributed by atoms with van der Waals surface area (Å²) in [4.78, 5) is 11.6. The number of carbonyl (C=O) groups is 1. The number of nitriles is 1. The van der Waals surface area contributed by atoms with Gasteiger partial charge >= 0.3 is 0 Å². The lowest BCUT2D eigenvalue weighted by Crippen LogP contribution is -2.29. The number of amides is 1. The summed E-state index contributed by atoms with van der Waals surface area (Å²) in [6, 6.07) is 7.63. The van der Waals surface area contributed by atoms with Crippen LogP contribution in [0.3, 0.4) is 0 Å². The first kappa shape index (κ1) is 10.5. The maximum absolute atomic E-state index is 11.6. The van der Waals surface area contributed by atoms with Gasteiger partial charge in [0.25, 0.3) is 0 Å². The largest absolute Gasteiger partial charge is 0.497 e. The smallest absolute Gasteiger partial charge is 0.228 e. The number of carbonyl (C=O) groups excluding carboxylic acids is 1. The zero-order valence-corrected chi connectivity index (χ0v) is 8.99. The first-order valence-electron chi connectivity index (χ1n) is 5.09. The maximum Gasteiger partial charge on any atom is 0.228 e. The summed E-state index contributed by atoms with van der Waals surface area (Å²) in [5.41, 5.74) is 1.85. The second-order valence-corrected chi connectivity index (χ2v) is 3.78. The predicted octanol–water partition coefficient (Wildman–Crippen LogP) is 1.72. The highest BCUT2D eigenvalue weighted by molar-refractivity contribution is 5.96.